The Kier molecular flexibility index (Phi) is 9.82. The van der Waals surface area contributed by atoms with Crippen molar-refractivity contribution in [2.75, 3.05) is 6.54 Å². The molecule has 1 heterocycles. The van der Waals surface area contributed by atoms with Gasteiger partial charge in [0.2, 0.25) is 17.7 Å². The van der Waals surface area contributed by atoms with Gasteiger partial charge in [0, 0.05) is 24.2 Å². The first kappa shape index (κ1) is 27.8. The summed E-state index contributed by atoms with van der Waals surface area (Å²) in [6.07, 6.45) is -0.321. The number of hydrogen-bond acceptors (Lipinski definition) is 6. The number of aromatic nitrogens is 1. The van der Waals surface area contributed by atoms with Crippen molar-refractivity contribution >= 4 is 35.2 Å². The number of rotatable bonds is 10. The summed E-state index contributed by atoms with van der Waals surface area (Å²) in [5, 5.41) is 14.6. The number of nitrogens with zero attached hydrogens (tertiary/aromatic N) is 1. The third-order valence-corrected chi connectivity index (χ3v) is 5.22. The van der Waals surface area contributed by atoms with Gasteiger partial charge in [-0.2, -0.15) is 0 Å². The number of nitrogens with one attached hydrogen (secondary N) is 4. The van der Waals surface area contributed by atoms with E-state index in [4.69, 9.17) is 16.1 Å². The number of benzene rings is 1. The Morgan fingerprint density at radius 2 is 1.74 bits per heavy atom. The number of carbonyl (C=O) groups excluding carboxylic acids is 4. The van der Waals surface area contributed by atoms with Crippen molar-refractivity contribution < 1.29 is 23.7 Å². The van der Waals surface area contributed by atoms with Gasteiger partial charge in [0.05, 0.1) is 6.42 Å². The van der Waals surface area contributed by atoms with Crippen molar-refractivity contribution in [1.82, 2.24) is 26.4 Å². The van der Waals surface area contributed by atoms with E-state index in [1.807, 2.05) is 20.8 Å². The Morgan fingerprint density at radius 3 is 2.34 bits per heavy atom. The second-order valence-corrected chi connectivity index (χ2v) is 9.84. The van der Waals surface area contributed by atoms with E-state index < -0.39 is 35.7 Å². The van der Waals surface area contributed by atoms with Crippen LogP contribution in [-0.2, 0) is 20.9 Å². The molecule has 0 spiro atoms. The molecule has 2 rings (SSSR count). The Hall–Kier alpha value is -3.40. The topological polar surface area (TPSA) is 142 Å². The third kappa shape index (κ3) is 9.40. The van der Waals surface area contributed by atoms with Gasteiger partial charge in [0.15, 0.2) is 5.69 Å². The highest BCUT2D eigenvalue weighted by atomic mass is 35.5. The molecule has 0 radical (unpaired) electrons. The molecule has 0 bridgehead atoms. The normalized spacial score (nSPS) is 12.9. The van der Waals surface area contributed by atoms with Crippen molar-refractivity contribution in [3.63, 3.8) is 0 Å². The average molecular weight is 506 g/mol. The molecule has 4 N–H and O–H groups in total. The minimum absolute atomic E-state index is 0.0269. The van der Waals surface area contributed by atoms with Crippen LogP contribution in [0.2, 0.25) is 5.02 Å². The lowest BCUT2D eigenvalue weighted by atomic mass is 9.97. The van der Waals surface area contributed by atoms with Gasteiger partial charge >= 0.3 is 0 Å². The first-order valence-corrected chi connectivity index (χ1v) is 11.6. The second kappa shape index (κ2) is 12.3. The van der Waals surface area contributed by atoms with Gasteiger partial charge in [-0.25, -0.2) is 0 Å². The summed E-state index contributed by atoms with van der Waals surface area (Å²) in [7, 11) is 0. The van der Waals surface area contributed by atoms with Crippen LogP contribution in [0, 0.1) is 12.3 Å². The lowest BCUT2D eigenvalue weighted by molar-refractivity contribution is -0.131. The summed E-state index contributed by atoms with van der Waals surface area (Å²) >= 11 is 6.10. The summed E-state index contributed by atoms with van der Waals surface area (Å²) in [6, 6.07) is 6.31. The van der Waals surface area contributed by atoms with Crippen LogP contribution in [0.15, 0.2) is 34.9 Å². The molecule has 10 nitrogen and oxygen atoms in total. The Bertz CT molecular complexity index is 1060. The zero-order chi connectivity index (χ0) is 26.2. The fourth-order valence-corrected chi connectivity index (χ4v) is 3.10. The predicted octanol–water partition coefficient (Wildman–Crippen LogP) is 2.11. The second-order valence-electron chi connectivity index (χ2n) is 9.43. The molecule has 0 unspecified atom stereocenters. The van der Waals surface area contributed by atoms with Crippen LogP contribution >= 0.6 is 11.6 Å². The van der Waals surface area contributed by atoms with Gasteiger partial charge in [-0.3, -0.25) is 19.2 Å². The molecule has 4 amide bonds. The monoisotopic (exact) mass is 505 g/mol. The molecular formula is C24H32ClN5O5. The molecule has 2 aromatic rings. The van der Waals surface area contributed by atoms with Gasteiger partial charge in [0.1, 0.15) is 17.8 Å². The predicted molar refractivity (Wildman–Crippen MR) is 130 cm³/mol. The lowest BCUT2D eigenvalue weighted by Crippen LogP contribution is -2.54. The van der Waals surface area contributed by atoms with Crippen molar-refractivity contribution in [3.05, 3.63) is 52.4 Å². The van der Waals surface area contributed by atoms with Crippen molar-refractivity contribution in [2.45, 2.75) is 59.7 Å². The lowest BCUT2D eigenvalue weighted by Gasteiger charge is -2.22. The summed E-state index contributed by atoms with van der Waals surface area (Å²) in [4.78, 5) is 50.5. The van der Waals surface area contributed by atoms with Crippen molar-refractivity contribution in [2.24, 2.45) is 5.41 Å². The van der Waals surface area contributed by atoms with Crippen LogP contribution in [-0.4, -0.2) is 47.4 Å². The van der Waals surface area contributed by atoms with Crippen LogP contribution in [0.5, 0.6) is 0 Å². The summed E-state index contributed by atoms with van der Waals surface area (Å²) in [5.41, 5.74) is 0.536. The summed E-state index contributed by atoms with van der Waals surface area (Å²) in [6.45, 7) is 9.55. The Balaban J connectivity index is 2.03. The molecule has 190 valence electrons. The Labute approximate surface area is 209 Å². The van der Waals surface area contributed by atoms with Crippen molar-refractivity contribution in [1.29, 1.82) is 0 Å². The summed E-state index contributed by atoms with van der Waals surface area (Å²) < 4.78 is 4.90. The minimum atomic E-state index is -1.24. The molecule has 2 atom stereocenters. The van der Waals surface area contributed by atoms with Gasteiger partial charge in [-0.1, -0.05) is 55.7 Å². The zero-order valence-corrected chi connectivity index (χ0v) is 21.3. The molecular weight excluding hydrogens is 474 g/mol. The van der Waals surface area contributed by atoms with Crippen LogP contribution in [0.4, 0.5) is 0 Å². The number of halogens is 1. The van der Waals surface area contributed by atoms with E-state index in [0.29, 0.717) is 17.3 Å². The number of amides is 4. The van der Waals surface area contributed by atoms with Crippen LogP contribution in [0.1, 0.15) is 55.9 Å². The van der Waals surface area contributed by atoms with Gasteiger partial charge in [-0.05, 0) is 30.9 Å². The quantitative estimate of drug-likeness (QED) is 0.389. The van der Waals surface area contributed by atoms with E-state index in [0.717, 1.165) is 5.56 Å². The summed E-state index contributed by atoms with van der Waals surface area (Å²) in [5.74, 6) is -1.82. The molecule has 0 saturated carbocycles. The number of carbonyl (C=O) groups is 4. The van der Waals surface area contributed by atoms with E-state index in [2.05, 4.69) is 26.4 Å². The maximum Gasteiger partial charge on any atom is 0.274 e. The van der Waals surface area contributed by atoms with Gasteiger partial charge in [-0.15, -0.1) is 0 Å². The number of hydrogen-bond donors (Lipinski definition) is 4. The number of aryl methyl sites for hydroxylation is 1. The SMILES string of the molecule is Cc1cc(C(=O)N[C@@H](CC(=O)NCC(C)(C)C)C(=O)N[C@@H](C)C(=O)NCc2ccccc2Cl)no1. The molecule has 1 aromatic carbocycles. The van der Waals surface area contributed by atoms with E-state index in [1.165, 1.54) is 13.0 Å². The standard InChI is InChI=1S/C24H32ClN5O5/c1-14-10-19(30-35-14)23(34)29-18(11-20(31)27-13-24(3,4)5)22(33)28-15(2)21(32)26-12-16-8-6-7-9-17(16)25/h6-10,15,18H,11-13H2,1-5H3,(H,26,32)(H,27,31)(H,28,33)(H,29,34)/t15-,18-/m0/s1. The highest BCUT2D eigenvalue weighted by Gasteiger charge is 2.28. The first-order valence-electron chi connectivity index (χ1n) is 11.2. The Morgan fingerprint density at radius 1 is 1.06 bits per heavy atom. The molecule has 0 aliphatic carbocycles. The fraction of sp³-hybridized carbons (Fsp3) is 0.458. The molecule has 0 aliphatic rings. The minimum Gasteiger partial charge on any atom is -0.361 e. The highest BCUT2D eigenvalue weighted by molar-refractivity contribution is 6.31. The van der Waals surface area contributed by atoms with Gasteiger partial charge < -0.3 is 25.8 Å². The van der Waals surface area contributed by atoms with Crippen LogP contribution in [0.25, 0.3) is 0 Å². The molecule has 0 fully saturated rings. The zero-order valence-electron chi connectivity index (χ0n) is 20.5. The largest absolute Gasteiger partial charge is 0.361 e. The highest BCUT2D eigenvalue weighted by Crippen LogP contribution is 2.14. The van der Waals surface area contributed by atoms with Crippen molar-refractivity contribution in [3.8, 4) is 0 Å². The van der Waals surface area contributed by atoms with E-state index in [-0.39, 0.29) is 24.1 Å². The smallest absolute Gasteiger partial charge is 0.274 e. The van der Waals surface area contributed by atoms with E-state index >= 15 is 0 Å². The maximum atomic E-state index is 12.9. The molecule has 11 heteroatoms. The molecule has 35 heavy (non-hydrogen) atoms. The first-order chi connectivity index (χ1) is 16.4. The molecule has 1 aromatic heterocycles. The maximum absolute atomic E-state index is 12.9. The van der Waals surface area contributed by atoms with E-state index in [9.17, 15) is 19.2 Å². The third-order valence-electron chi connectivity index (χ3n) is 4.85. The average Bonchev–Trinajstić information content (AvgIpc) is 3.22. The van der Waals surface area contributed by atoms with E-state index in [1.54, 1.807) is 31.2 Å². The van der Waals surface area contributed by atoms with Crippen LogP contribution < -0.4 is 21.3 Å². The molecule has 0 aliphatic heterocycles. The molecule has 0 saturated heterocycles. The van der Waals surface area contributed by atoms with Crippen LogP contribution in [0.3, 0.4) is 0 Å². The fourth-order valence-electron chi connectivity index (χ4n) is 2.89. The van der Waals surface area contributed by atoms with Gasteiger partial charge in [0.25, 0.3) is 5.91 Å².